The molecule has 3 rings (SSSR count). The smallest absolute Gasteiger partial charge is 0.161 e. The van der Waals surface area contributed by atoms with Crippen LogP contribution in [0.1, 0.15) is 5.69 Å². The van der Waals surface area contributed by atoms with Crippen LogP contribution in [0.15, 0.2) is 36.4 Å². The summed E-state index contributed by atoms with van der Waals surface area (Å²) >= 11 is 5.88. The van der Waals surface area contributed by atoms with Gasteiger partial charge in [-0.05, 0) is 36.4 Å². The molecule has 0 spiro atoms. The number of benzene rings is 1. The van der Waals surface area contributed by atoms with Crippen LogP contribution in [0.2, 0.25) is 5.02 Å². The van der Waals surface area contributed by atoms with E-state index in [1.165, 1.54) is 12.1 Å². The average molecular weight is 360 g/mol. The van der Waals surface area contributed by atoms with E-state index in [1.807, 2.05) is 18.2 Å². The Morgan fingerprint density at radius 2 is 1.84 bits per heavy atom. The molecule has 1 aliphatic heterocycles. The van der Waals surface area contributed by atoms with Crippen molar-refractivity contribution >= 4 is 23.1 Å². The quantitative estimate of drug-likeness (QED) is 0.889. The first-order chi connectivity index (χ1) is 12.2. The SMILES string of the molecule is N#Cc1nc(NCCN2CCN(c3ccc(F)cc3)CC2)ccc1Cl. The maximum absolute atomic E-state index is 13.0. The van der Waals surface area contributed by atoms with Gasteiger partial charge >= 0.3 is 0 Å². The number of piperazine rings is 1. The van der Waals surface area contributed by atoms with E-state index in [2.05, 4.69) is 20.1 Å². The van der Waals surface area contributed by atoms with Crippen molar-refractivity contribution in [3.63, 3.8) is 0 Å². The summed E-state index contributed by atoms with van der Waals surface area (Å²) in [5, 5.41) is 12.5. The molecule has 1 fully saturated rings. The van der Waals surface area contributed by atoms with E-state index >= 15 is 0 Å². The van der Waals surface area contributed by atoms with Gasteiger partial charge in [0.1, 0.15) is 17.7 Å². The highest BCUT2D eigenvalue weighted by molar-refractivity contribution is 6.31. The molecule has 1 aliphatic rings. The van der Waals surface area contributed by atoms with Crippen LogP contribution in [0.4, 0.5) is 15.9 Å². The molecule has 0 atom stereocenters. The second-order valence-electron chi connectivity index (χ2n) is 5.87. The predicted molar refractivity (Wildman–Crippen MR) is 97.5 cm³/mol. The minimum absolute atomic E-state index is 0.205. The number of rotatable bonds is 5. The van der Waals surface area contributed by atoms with Gasteiger partial charge in [-0.1, -0.05) is 11.6 Å². The van der Waals surface area contributed by atoms with Crippen molar-refractivity contribution in [2.24, 2.45) is 0 Å². The maximum Gasteiger partial charge on any atom is 0.161 e. The molecule has 0 saturated carbocycles. The summed E-state index contributed by atoms with van der Waals surface area (Å²) in [4.78, 5) is 8.81. The Labute approximate surface area is 151 Å². The second-order valence-corrected chi connectivity index (χ2v) is 6.28. The molecule has 2 aromatic rings. The molecule has 1 aromatic carbocycles. The molecule has 0 bridgehead atoms. The number of nitrogens with one attached hydrogen (secondary N) is 1. The van der Waals surface area contributed by atoms with Crippen LogP contribution in [0, 0.1) is 17.1 Å². The first-order valence-corrected chi connectivity index (χ1v) is 8.57. The van der Waals surface area contributed by atoms with Gasteiger partial charge in [-0.2, -0.15) is 5.26 Å². The van der Waals surface area contributed by atoms with Crippen LogP contribution in [-0.4, -0.2) is 49.2 Å². The van der Waals surface area contributed by atoms with Gasteiger partial charge in [0.2, 0.25) is 0 Å². The zero-order chi connectivity index (χ0) is 17.6. The molecule has 1 saturated heterocycles. The Kier molecular flexibility index (Phi) is 5.69. The van der Waals surface area contributed by atoms with E-state index in [0.29, 0.717) is 10.8 Å². The van der Waals surface area contributed by atoms with Crippen molar-refractivity contribution in [3.8, 4) is 6.07 Å². The van der Waals surface area contributed by atoms with Gasteiger partial charge in [-0.25, -0.2) is 9.37 Å². The van der Waals surface area contributed by atoms with Crippen LogP contribution in [0.3, 0.4) is 0 Å². The zero-order valence-corrected chi connectivity index (χ0v) is 14.5. The molecule has 0 radical (unpaired) electrons. The molecule has 5 nitrogen and oxygen atoms in total. The Bertz CT molecular complexity index is 751. The lowest BCUT2D eigenvalue weighted by Gasteiger charge is -2.36. The van der Waals surface area contributed by atoms with Gasteiger partial charge in [-0.15, -0.1) is 0 Å². The number of nitriles is 1. The normalized spacial score (nSPS) is 15.0. The largest absolute Gasteiger partial charge is 0.369 e. The lowest BCUT2D eigenvalue weighted by atomic mass is 10.2. The van der Waals surface area contributed by atoms with E-state index in [0.717, 1.165) is 45.0 Å². The van der Waals surface area contributed by atoms with Crippen LogP contribution >= 0.6 is 11.6 Å². The third kappa shape index (κ3) is 4.59. The van der Waals surface area contributed by atoms with Crippen LogP contribution in [0.5, 0.6) is 0 Å². The monoisotopic (exact) mass is 359 g/mol. The third-order valence-electron chi connectivity index (χ3n) is 4.25. The summed E-state index contributed by atoms with van der Waals surface area (Å²) in [5.41, 5.74) is 1.30. The van der Waals surface area contributed by atoms with E-state index in [4.69, 9.17) is 16.9 Å². The molecule has 25 heavy (non-hydrogen) atoms. The van der Waals surface area contributed by atoms with Crippen LogP contribution in [0.25, 0.3) is 0 Å². The lowest BCUT2D eigenvalue weighted by Crippen LogP contribution is -2.47. The molecular weight excluding hydrogens is 341 g/mol. The van der Waals surface area contributed by atoms with Gasteiger partial charge in [0.25, 0.3) is 0 Å². The number of anilines is 2. The summed E-state index contributed by atoms with van der Waals surface area (Å²) in [5.74, 6) is 0.453. The molecule has 1 N–H and O–H groups in total. The first kappa shape index (κ1) is 17.5. The van der Waals surface area contributed by atoms with Crippen molar-refractivity contribution in [1.82, 2.24) is 9.88 Å². The molecule has 0 amide bonds. The number of nitrogens with zero attached hydrogens (tertiary/aromatic N) is 4. The Morgan fingerprint density at radius 1 is 1.12 bits per heavy atom. The van der Waals surface area contributed by atoms with E-state index < -0.39 is 0 Å². The van der Waals surface area contributed by atoms with Crippen molar-refractivity contribution < 1.29 is 4.39 Å². The van der Waals surface area contributed by atoms with E-state index in [9.17, 15) is 4.39 Å². The highest BCUT2D eigenvalue weighted by Gasteiger charge is 2.16. The van der Waals surface area contributed by atoms with Gasteiger partial charge in [0.05, 0.1) is 5.02 Å². The Morgan fingerprint density at radius 3 is 2.52 bits per heavy atom. The number of aromatic nitrogens is 1. The highest BCUT2D eigenvalue weighted by Crippen LogP contribution is 2.17. The summed E-state index contributed by atoms with van der Waals surface area (Å²) in [6.45, 7) is 5.39. The standard InChI is InChI=1S/C18H19ClFN5/c19-16-5-6-18(23-17(16)13-21)22-7-8-24-9-11-25(12-10-24)15-3-1-14(20)2-4-15/h1-6H,7-12H2,(H,22,23). The maximum atomic E-state index is 13.0. The molecule has 7 heteroatoms. The Hall–Kier alpha value is -2.36. The first-order valence-electron chi connectivity index (χ1n) is 8.19. The highest BCUT2D eigenvalue weighted by atomic mass is 35.5. The molecule has 0 aliphatic carbocycles. The number of halogens is 2. The number of pyridine rings is 1. The van der Waals surface area contributed by atoms with Gasteiger partial charge in [0, 0.05) is 45.0 Å². The van der Waals surface area contributed by atoms with Crippen molar-refractivity contribution in [3.05, 3.63) is 52.9 Å². The summed E-state index contributed by atoms with van der Waals surface area (Å²) in [6, 6.07) is 12.1. The van der Waals surface area contributed by atoms with Gasteiger partial charge in [0.15, 0.2) is 5.69 Å². The number of hydrogen-bond acceptors (Lipinski definition) is 5. The van der Waals surface area contributed by atoms with E-state index in [1.54, 1.807) is 12.1 Å². The molecule has 0 unspecified atom stereocenters. The number of hydrogen-bond donors (Lipinski definition) is 1. The molecule has 2 heterocycles. The summed E-state index contributed by atoms with van der Waals surface area (Å²) in [6.07, 6.45) is 0. The fraction of sp³-hybridized carbons (Fsp3) is 0.333. The average Bonchev–Trinajstić information content (AvgIpc) is 2.64. The predicted octanol–water partition coefficient (Wildman–Crippen LogP) is 2.98. The van der Waals surface area contributed by atoms with Gasteiger partial charge in [-0.3, -0.25) is 4.90 Å². The fourth-order valence-electron chi connectivity index (χ4n) is 2.84. The Balaban J connectivity index is 1.44. The van der Waals surface area contributed by atoms with Crippen molar-refractivity contribution in [2.45, 2.75) is 0 Å². The van der Waals surface area contributed by atoms with Crippen molar-refractivity contribution in [2.75, 3.05) is 49.5 Å². The minimum atomic E-state index is -0.205. The zero-order valence-electron chi connectivity index (χ0n) is 13.8. The molecule has 130 valence electrons. The topological polar surface area (TPSA) is 55.2 Å². The second kappa shape index (κ2) is 8.15. The minimum Gasteiger partial charge on any atom is -0.369 e. The lowest BCUT2D eigenvalue weighted by molar-refractivity contribution is 0.267. The van der Waals surface area contributed by atoms with Crippen LogP contribution in [-0.2, 0) is 0 Å². The fourth-order valence-corrected chi connectivity index (χ4v) is 2.99. The third-order valence-corrected chi connectivity index (χ3v) is 4.56. The molecule has 1 aromatic heterocycles. The summed E-state index contributed by atoms with van der Waals surface area (Å²) < 4.78 is 13.0. The van der Waals surface area contributed by atoms with Crippen molar-refractivity contribution in [1.29, 1.82) is 5.26 Å². The summed E-state index contributed by atoms with van der Waals surface area (Å²) in [7, 11) is 0. The van der Waals surface area contributed by atoms with E-state index in [-0.39, 0.29) is 11.5 Å². The molecular formula is C18H19ClFN5. The van der Waals surface area contributed by atoms with Crippen LogP contribution < -0.4 is 10.2 Å². The van der Waals surface area contributed by atoms with Gasteiger partial charge < -0.3 is 10.2 Å².